The van der Waals surface area contributed by atoms with Gasteiger partial charge in [0.05, 0.1) is 18.3 Å². The van der Waals surface area contributed by atoms with Gasteiger partial charge in [-0.15, -0.1) is 0 Å². The highest BCUT2D eigenvalue weighted by molar-refractivity contribution is 6.01. The molecule has 0 saturated carbocycles. The van der Waals surface area contributed by atoms with Crippen LogP contribution in [-0.2, 0) is 0 Å². The van der Waals surface area contributed by atoms with Crippen molar-refractivity contribution in [1.29, 1.82) is 0 Å². The lowest BCUT2D eigenvalue weighted by Gasteiger charge is -2.16. The second-order valence-corrected chi connectivity index (χ2v) is 5.17. The molecule has 0 bridgehead atoms. The maximum atomic E-state index is 12.5. The number of nitrogens with two attached hydrogens (primary N) is 1. The number of hydrogen-bond acceptors (Lipinski definition) is 4. The zero-order chi connectivity index (χ0) is 15.7. The Morgan fingerprint density at radius 3 is 2.62 bits per heavy atom. The van der Waals surface area contributed by atoms with Crippen molar-refractivity contribution in [3.05, 3.63) is 23.8 Å². The number of carbonyl (C=O) groups is 1. The molecule has 0 aromatic heterocycles. The van der Waals surface area contributed by atoms with Crippen LogP contribution >= 0.6 is 0 Å². The van der Waals surface area contributed by atoms with E-state index in [4.69, 9.17) is 10.5 Å². The zero-order valence-electron chi connectivity index (χ0n) is 13.4. The fourth-order valence-corrected chi connectivity index (χ4v) is 2.26. The molecule has 0 amide bonds. The van der Waals surface area contributed by atoms with Gasteiger partial charge in [-0.2, -0.15) is 0 Å². The maximum Gasteiger partial charge on any atom is 0.179 e. The number of ether oxygens (including phenoxy) is 1. The molecule has 1 rings (SSSR count). The van der Waals surface area contributed by atoms with Gasteiger partial charge in [0.2, 0.25) is 0 Å². The lowest BCUT2D eigenvalue weighted by Crippen LogP contribution is -2.36. The summed E-state index contributed by atoms with van der Waals surface area (Å²) in [5.74, 6) is 0.738. The molecule has 0 heterocycles. The van der Waals surface area contributed by atoms with Crippen LogP contribution in [0, 0.1) is 0 Å². The van der Waals surface area contributed by atoms with Gasteiger partial charge in [0, 0.05) is 5.56 Å². The molecule has 0 aliphatic heterocycles. The van der Waals surface area contributed by atoms with Crippen LogP contribution in [0.15, 0.2) is 18.2 Å². The first-order valence-corrected chi connectivity index (χ1v) is 7.93. The van der Waals surface area contributed by atoms with Crippen LogP contribution in [0.2, 0.25) is 0 Å². The van der Waals surface area contributed by atoms with Crippen LogP contribution in [0.3, 0.4) is 0 Å². The summed E-state index contributed by atoms with van der Waals surface area (Å²) < 4.78 is 5.40. The SMILES string of the molecule is CCCCCNC(CC)C(=O)c1ccc(OCC)c(N)c1. The number of nitrogen functional groups attached to an aromatic ring is 1. The Kier molecular flexibility index (Phi) is 7.83. The van der Waals surface area contributed by atoms with Gasteiger partial charge in [-0.05, 0) is 44.5 Å². The van der Waals surface area contributed by atoms with Crippen molar-refractivity contribution in [2.24, 2.45) is 0 Å². The molecular weight excluding hydrogens is 264 g/mol. The summed E-state index contributed by atoms with van der Waals surface area (Å²) in [6.07, 6.45) is 4.25. The minimum atomic E-state index is -0.140. The normalized spacial score (nSPS) is 12.1. The molecule has 21 heavy (non-hydrogen) atoms. The van der Waals surface area contributed by atoms with Crippen molar-refractivity contribution >= 4 is 11.5 Å². The molecule has 0 saturated heterocycles. The van der Waals surface area contributed by atoms with Gasteiger partial charge in [-0.1, -0.05) is 26.7 Å². The topological polar surface area (TPSA) is 64.3 Å². The van der Waals surface area contributed by atoms with Crippen LogP contribution in [0.4, 0.5) is 5.69 Å². The Bertz CT molecular complexity index is 446. The highest BCUT2D eigenvalue weighted by atomic mass is 16.5. The summed E-state index contributed by atoms with van der Waals surface area (Å²) in [4.78, 5) is 12.5. The second-order valence-electron chi connectivity index (χ2n) is 5.17. The molecule has 0 aliphatic carbocycles. The number of rotatable bonds is 10. The van der Waals surface area contributed by atoms with Crippen molar-refractivity contribution in [2.75, 3.05) is 18.9 Å². The summed E-state index contributed by atoms with van der Waals surface area (Å²) in [6.45, 7) is 7.54. The van der Waals surface area contributed by atoms with Crippen molar-refractivity contribution in [3.8, 4) is 5.75 Å². The summed E-state index contributed by atoms with van der Waals surface area (Å²) >= 11 is 0. The Hall–Kier alpha value is -1.55. The predicted octanol–water partition coefficient (Wildman–Crippen LogP) is 3.41. The van der Waals surface area contributed by atoms with Gasteiger partial charge in [-0.25, -0.2) is 0 Å². The van der Waals surface area contributed by atoms with E-state index in [1.54, 1.807) is 18.2 Å². The Morgan fingerprint density at radius 2 is 2.05 bits per heavy atom. The molecule has 0 fully saturated rings. The summed E-state index contributed by atoms with van der Waals surface area (Å²) in [7, 11) is 0. The summed E-state index contributed by atoms with van der Waals surface area (Å²) in [5.41, 5.74) is 7.09. The first kappa shape index (κ1) is 17.5. The molecule has 1 aromatic carbocycles. The van der Waals surface area contributed by atoms with E-state index in [1.165, 1.54) is 12.8 Å². The number of unbranched alkanes of at least 4 members (excludes halogenated alkanes) is 2. The molecule has 1 atom stereocenters. The zero-order valence-corrected chi connectivity index (χ0v) is 13.4. The number of hydrogen-bond donors (Lipinski definition) is 2. The van der Waals surface area contributed by atoms with Gasteiger partial charge < -0.3 is 15.8 Å². The molecular formula is C17H28N2O2. The number of Topliss-reactive ketones (excluding diaryl/α,β-unsaturated/α-hetero) is 1. The highest BCUT2D eigenvalue weighted by Gasteiger charge is 2.18. The number of anilines is 1. The molecule has 118 valence electrons. The van der Waals surface area contributed by atoms with Crippen LogP contribution in [0.1, 0.15) is 56.8 Å². The standard InChI is InChI=1S/C17H28N2O2/c1-4-7-8-11-19-15(5-2)17(20)13-9-10-16(21-6-3)14(18)12-13/h9-10,12,15,19H,4-8,11,18H2,1-3H3. The maximum absolute atomic E-state index is 12.5. The fourth-order valence-electron chi connectivity index (χ4n) is 2.26. The molecule has 0 spiro atoms. The largest absolute Gasteiger partial charge is 0.492 e. The third kappa shape index (κ3) is 5.38. The third-order valence-corrected chi connectivity index (χ3v) is 3.49. The van der Waals surface area contributed by atoms with Crippen LogP contribution in [-0.4, -0.2) is 25.0 Å². The summed E-state index contributed by atoms with van der Waals surface area (Å²) in [5, 5.41) is 3.34. The quantitative estimate of drug-likeness (QED) is 0.394. The van der Waals surface area contributed by atoms with E-state index >= 15 is 0 Å². The minimum Gasteiger partial charge on any atom is -0.492 e. The highest BCUT2D eigenvalue weighted by Crippen LogP contribution is 2.23. The van der Waals surface area contributed by atoms with Crippen LogP contribution in [0.5, 0.6) is 5.75 Å². The van der Waals surface area contributed by atoms with Crippen molar-refractivity contribution in [3.63, 3.8) is 0 Å². The van der Waals surface area contributed by atoms with Gasteiger partial charge in [0.25, 0.3) is 0 Å². The predicted molar refractivity (Wildman–Crippen MR) is 88.0 cm³/mol. The number of benzene rings is 1. The molecule has 1 unspecified atom stereocenters. The van der Waals surface area contributed by atoms with Crippen LogP contribution in [0.25, 0.3) is 0 Å². The molecule has 4 heteroatoms. The average molecular weight is 292 g/mol. The number of nitrogens with one attached hydrogen (secondary N) is 1. The number of carbonyl (C=O) groups excluding carboxylic acids is 1. The monoisotopic (exact) mass is 292 g/mol. The Balaban J connectivity index is 2.69. The lowest BCUT2D eigenvalue weighted by atomic mass is 10.0. The van der Waals surface area contributed by atoms with Crippen molar-refractivity contribution in [2.45, 2.75) is 52.5 Å². The Morgan fingerprint density at radius 1 is 1.29 bits per heavy atom. The number of ketones is 1. The fraction of sp³-hybridized carbons (Fsp3) is 0.588. The van der Waals surface area contributed by atoms with E-state index in [2.05, 4.69) is 12.2 Å². The molecule has 3 N–H and O–H groups in total. The van der Waals surface area contributed by atoms with E-state index in [9.17, 15) is 4.79 Å². The van der Waals surface area contributed by atoms with Gasteiger partial charge in [0.15, 0.2) is 5.78 Å². The van der Waals surface area contributed by atoms with E-state index in [-0.39, 0.29) is 11.8 Å². The molecule has 0 aliphatic rings. The van der Waals surface area contributed by atoms with E-state index in [0.29, 0.717) is 23.6 Å². The van der Waals surface area contributed by atoms with Gasteiger partial charge in [0.1, 0.15) is 5.75 Å². The average Bonchev–Trinajstić information content (AvgIpc) is 2.49. The molecule has 0 radical (unpaired) electrons. The van der Waals surface area contributed by atoms with Gasteiger partial charge >= 0.3 is 0 Å². The van der Waals surface area contributed by atoms with E-state index < -0.39 is 0 Å². The summed E-state index contributed by atoms with van der Waals surface area (Å²) in [6, 6.07) is 5.14. The van der Waals surface area contributed by atoms with E-state index in [1.807, 2.05) is 13.8 Å². The van der Waals surface area contributed by atoms with E-state index in [0.717, 1.165) is 19.4 Å². The van der Waals surface area contributed by atoms with Gasteiger partial charge in [-0.3, -0.25) is 4.79 Å². The first-order valence-electron chi connectivity index (χ1n) is 7.93. The lowest BCUT2D eigenvalue weighted by molar-refractivity contribution is 0.0940. The second kappa shape index (κ2) is 9.40. The molecule has 4 nitrogen and oxygen atoms in total. The Labute approximate surface area is 128 Å². The first-order chi connectivity index (χ1) is 10.1. The van der Waals surface area contributed by atoms with Crippen molar-refractivity contribution in [1.82, 2.24) is 5.32 Å². The third-order valence-electron chi connectivity index (χ3n) is 3.49. The van der Waals surface area contributed by atoms with Crippen molar-refractivity contribution < 1.29 is 9.53 Å². The smallest absolute Gasteiger partial charge is 0.179 e. The molecule has 1 aromatic rings. The minimum absolute atomic E-state index is 0.101. The van der Waals surface area contributed by atoms with Crippen LogP contribution < -0.4 is 15.8 Å².